The van der Waals surface area contributed by atoms with Gasteiger partial charge < -0.3 is 34.2 Å². The Bertz CT molecular complexity index is 1890. The minimum Gasteiger partial charge on any atom is -0.493 e. The van der Waals surface area contributed by atoms with Crippen LogP contribution in [0.2, 0.25) is 0 Å². The number of benzene rings is 2. The van der Waals surface area contributed by atoms with Gasteiger partial charge in [-0.25, -0.2) is 4.98 Å². The molecule has 1 atom stereocenters. The van der Waals surface area contributed by atoms with Gasteiger partial charge in [0.1, 0.15) is 5.82 Å². The number of carbonyl (C=O) groups is 3. The number of amides is 3. The molecule has 3 amide bonds. The lowest BCUT2D eigenvalue weighted by molar-refractivity contribution is -0.127. The summed E-state index contributed by atoms with van der Waals surface area (Å²) in [5, 5.41) is 3.83. The minimum absolute atomic E-state index is 0.116. The molecule has 0 spiro atoms. The number of ether oxygens (including phenoxy) is 3. The zero-order chi connectivity index (χ0) is 35.7. The molecule has 4 heterocycles. The maximum Gasteiger partial charge on any atom is 0.254 e. The van der Waals surface area contributed by atoms with Gasteiger partial charge in [-0.1, -0.05) is 30.3 Å². The predicted molar refractivity (Wildman–Crippen MR) is 195 cm³/mol. The van der Waals surface area contributed by atoms with E-state index in [1.165, 1.54) is 6.08 Å². The summed E-state index contributed by atoms with van der Waals surface area (Å²) >= 11 is 0. The molecule has 51 heavy (non-hydrogen) atoms. The first-order valence-electron chi connectivity index (χ1n) is 17.2. The minimum atomic E-state index is -0.243. The number of hydrogen-bond donors (Lipinski definition) is 1. The lowest BCUT2D eigenvalue weighted by Gasteiger charge is -2.35. The van der Waals surface area contributed by atoms with Crippen molar-refractivity contribution in [3.8, 4) is 17.2 Å². The molecule has 0 aliphatic carbocycles. The average molecular weight is 693 g/mol. The Balaban J connectivity index is 1.44. The van der Waals surface area contributed by atoms with Crippen molar-refractivity contribution >= 4 is 40.5 Å². The molecule has 4 aromatic rings. The van der Waals surface area contributed by atoms with Gasteiger partial charge in [-0.3, -0.25) is 19.4 Å². The van der Waals surface area contributed by atoms with Crippen LogP contribution in [0.4, 0.5) is 5.82 Å². The third-order valence-electron chi connectivity index (χ3n) is 9.44. The van der Waals surface area contributed by atoms with Gasteiger partial charge in [-0.15, -0.1) is 0 Å². The van der Waals surface area contributed by atoms with Crippen molar-refractivity contribution in [1.29, 1.82) is 0 Å². The van der Waals surface area contributed by atoms with Crippen LogP contribution in [0.5, 0.6) is 17.2 Å². The molecule has 2 aliphatic heterocycles. The summed E-state index contributed by atoms with van der Waals surface area (Å²) in [5.74, 6) is 1.78. The number of piperidine rings is 1. The van der Waals surface area contributed by atoms with Crippen molar-refractivity contribution in [1.82, 2.24) is 25.1 Å². The molecule has 2 aromatic heterocycles. The Labute approximate surface area is 298 Å². The lowest BCUT2D eigenvalue weighted by Crippen LogP contribution is -2.42. The summed E-state index contributed by atoms with van der Waals surface area (Å²) in [4.78, 5) is 55.9. The van der Waals surface area contributed by atoms with Crippen molar-refractivity contribution in [2.75, 3.05) is 65.5 Å². The van der Waals surface area contributed by atoms with Crippen LogP contribution < -0.4 is 24.4 Å². The van der Waals surface area contributed by atoms with Crippen LogP contribution in [0.3, 0.4) is 0 Å². The number of anilines is 1. The molecular weight excluding hydrogens is 648 g/mol. The van der Waals surface area contributed by atoms with Crippen LogP contribution >= 0.6 is 0 Å². The van der Waals surface area contributed by atoms with Gasteiger partial charge in [-0.05, 0) is 48.6 Å². The highest BCUT2D eigenvalue weighted by atomic mass is 16.5. The molecule has 12 nitrogen and oxygen atoms in total. The Morgan fingerprint density at radius 1 is 0.902 bits per heavy atom. The van der Waals surface area contributed by atoms with Crippen LogP contribution in [0.1, 0.15) is 40.7 Å². The molecule has 2 aromatic carbocycles. The van der Waals surface area contributed by atoms with E-state index in [1.807, 2.05) is 42.5 Å². The number of aromatic nitrogens is 2. The lowest BCUT2D eigenvalue weighted by atomic mass is 9.97. The SMILES string of the molecule is COc1cc2nc3c(cc2c(OC)c1OC)CN(C(=O)c1ccncc1)CCN(C(=O)/C=C/c1ccccc1)CCC(=O)NCC1CCCN3C1. The van der Waals surface area contributed by atoms with Crippen LogP contribution in [0, 0.1) is 5.92 Å². The number of nitrogens with zero attached hydrogens (tertiary/aromatic N) is 5. The monoisotopic (exact) mass is 692 g/mol. The quantitative estimate of drug-likeness (QED) is 0.289. The molecule has 1 saturated heterocycles. The fraction of sp³-hybridized carbons (Fsp3) is 0.359. The zero-order valence-electron chi connectivity index (χ0n) is 29.3. The Kier molecular flexibility index (Phi) is 11.3. The fourth-order valence-corrected chi connectivity index (χ4v) is 6.77. The highest BCUT2D eigenvalue weighted by molar-refractivity contribution is 5.95. The number of fused-ring (bicyclic) bond motifs is 5. The highest BCUT2D eigenvalue weighted by Crippen LogP contribution is 2.44. The first-order chi connectivity index (χ1) is 24.9. The molecule has 1 fully saturated rings. The fourth-order valence-electron chi connectivity index (χ4n) is 6.77. The van der Waals surface area contributed by atoms with E-state index in [0.717, 1.165) is 36.3 Å². The molecular formula is C39H44N6O6. The van der Waals surface area contributed by atoms with Gasteiger partial charge >= 0.3 is 0 Å². The van der Waals surface area contributed by atoms with E-state index >= 15 is 0 Å². The van der Waals surface area contributed by atoms with E-state index in [-0.39, 0.29) is 56.2 Å². The summed E-state index contributed by atoms with van der Waals surface area (Å²) in [6, 6.07) is 16.8. The predicted octanol–water partition coefficient (Wildman–Crippen LogP) is 4.58. The Morgan fingerprint density at radius 2 is 1.67 bits per heavy atom. The summed E-state index contributed by atoms with van der Waals surface area (Å²) in [5.41, 5.74) is 2.84. The van der Waals surface area contributed by atoms with E-state index in [0.29, 0.717) is 46.8 Å². The van der Waals surface area contributed by atoms with E-state index < -0.39 is 0 Å². The Hall–Kier alpha value is -5.65. The van der Waals surface area contributed by atoms with Gasteiger partial charge in [0.05, 0.1) is 26.8 Å². The number of methoxy groups -OCH3 is 3. The topological polar surface area (TPSA) is 126 Å². The molecule has 1 unspecified atom stereocenters. The first kappa shape index (κ1) is 35.2. The largest absolute Gasteiger partial charge is 0.493 e. The standard InChI is InChI=1S/C39H44N6O6/c1-49-33-23-32-31(36(50-2)37(33)51-3)22-30-26-45(39(48)29-13-16-40-17-14-29)21-20-43(35(47)12-11-27-8-5-4-6-9-27)19-15-34(46)41-24-28-10-7-18-44(25-28)38(30)42-32/h4-6,8-9,11-14,16-17,22-23,28H,7,10,15,18-21,24-26H2,1-3H3,(H,41,46)/b12-11+. The molecule has 6 rings (SSSR count). The van der Waals surface area contributed by atoms with Gasteiger partial charge in [-0.2, -0.15) is 0 Å². The summed E-state index contributed by atoms with van der Waals surface area (Å²) in [6.07, 6.45) is 8.49. The number of carbonyl (C=O) groups excluding carboxylic acids is 3. The summed E-state index contributed by atoms with van der Waals surface area (Å²) in [7, 11) is 4.71. The van der Waals surface area contributed by atoms with Crippen molar-refractivity contribution in [3.05, 3.63) is 89.8 Å². The van der Waals surface area contributed by atoms with E-state index in [1.54, 1.807) is 61.7 Å². The van der Waals surface area contributed by atoms with Gasteiger partial charge in [0, 0.05) is 93.3 Å². The van der Waals surface area contributed by atoms with Crippen molar-refractivity contribution in [3.63, 3.8) is 0 Å². The van der Waals surface area contributed by atoms with Gasteiger partial charge in [0.25, 0.3) is 5.91 Å². The van der Waals surface area contributed by atoms with E-state index in [4.69, 9.17) is 19.2 Å². The molecule has 2 bridgehead atoms. The second-order valence-corrected chi connectivity index (χ2v) is 12.7. The second kappa shape index (κ2) is 16.4. The number of hydrogen-bond acceptors (Lipinski definition) is 9. The first-order valence-corrected chi connectivity index (χ1v) is 17.2. The molecule has 12 heteroatoms. The van der Waals surface area contributed by atoms with E-state index in [9.17, 15) is 14.4 Å². The maximum absolute atomic E-state index is 14.3. The molecule has 266 valence electrons. The Morgan fingerprint density at radius 3 is 2.41 bits per heavy atom. The molecule has 2 aliphatic rings. The second-order valence-electron chi connectivity index (χ2n) is 12.7. The van der Waals surface area contributed by atoms with Crippen molar-refractivity contribution in [2.24, 2.45) is 5.92 Å². The van der Waals surface area contributed by atoms with Gasteiger partial charge in [0.2, 0.25) is 17.6 Å². The van der Waals surface area contributed by atoms with Crippen LogP contribution in [-0.4, -0.2) is 98.1 Å². The number of rotatable bonds is 6. The number of nitrogens with one attached hydrogen (secondary N) is 1. The normalized spacial score (nSPS) is 17.3. The average Bonchev–Trinajstić information content (AvgIpc) is 3.18. The highest BCUT2D eigenvalue weighted by Gasteiger charge is 2.28. The molecule has 1 N–H and O–H groups in total. The summed E-state index contributed by atoms with van der Waals surface area (Å²) < 4.78 is 17.2. The van der Waals surface area contributed by atoms with E-state index in [2.05, 4.69) is 15.2 Å². The van der Waals surface area contributed by atoms with Crippen molar-refractivity contribution < 1.29 is 28.6 Å². The van der Waals surface area contributed by atoms with Crippen LogP contribution in [0.15, 0.2) is 73.1 Å². The van der Waals surface area contributed by atoms with Crippen molar-refractivity contribution in [2.45, 2.75) is 25.8 Å². The molecule has 0 saturated carbocycles. The van der Waals surface area contributed by atoms with Crippen LogP contribution in [-0.2, 0) is 16.1 Å². The van der Waals surface area contributed by atoms with Crippen LogP contribution in [0.25, 0.3) is 17.0 Å². The summed E-state index contributed by atoms with van der Waals surface area (Å²) in [6.45, 7) is 2.80. The third-order valence-corrected chi connectivity index (χ3v) is 9.44. The zero-order valence-corrected chi connectivity index (χ0v) is 29.3. The third kappa shape index (κ3) is 8.22. The number of pyridine rings is 2. The smallest absolute Gasteiger partial charge is 0.254 e. The maximum atomic E-state index is 14.3. The van der Waals surface area contributed by atoms with Gasteiger partial charge in [0.15, 0.2) is 11.5 Å². The molecule has 0 radical (unpaired) electrons.